The highest BCUT2D eigenvalue weighted by atomic mass is 16.2. The number of benzene rings is 2. The third-order valence-electron chi connectivity index (χ3n) is 4.08. The largest absolute Gasteiger partial charge is 0.348 e. The van der Waals surface area contributed by atoms with E-state index in [-0.39, 0.29) is 18.4 Å². The van der Waals surface area contributed by atoms with Gasteiger partial charge in [0.2, 0.25) is 6.54 Å². The molecule has 3 rings (SSSR count). The predicted octanol–water partition coefficient (Wildman–Crippen LogP) is 2.22. The highest BCUT2D eigenvalue weighted by Crippen LogP contribution is 2.00. The van der Waals surface area contributed by atoms with Gasteiger partial charge >= 0.3 is 0 Å². The van der Waals surface area contributed by atoms with Gasteiger partial charge in [0.05, 0.1) is 0 Å². The minimum Gasteiger partial charge on any atom is -0.348 e. The zero-order valence-corrected chi connectivity index (χ0v) is 15.0. The molecule has 1 aromatic heterocycles. The van der Waals surface area contributed by atoms with Crippen molar-refractivity contribution in [2.45, 2.75) is 19.6 Å². The van der Waals surface area contributed by atoms with Crippen molar-refractivity contribution in [2.75, 3.05) is 0 Å². The van der Waals surface area contributed by atoms with Crippen LogP contribution in [0.15, 0.2) is 85.2 Å². The molecule has 2 amide bonds. The summed E-state index contributed by atoms with van der Waals surface area (Å²) < 4.78 is 1.71. The molecule has 0 aliphatic carbocycles. The van der Waals surface area contributed by atoms with E-state index in [2.05, 4.69) is 10.6 Å². The van der Waals surface area contributed by atoms with Gasteiger partial charge < -0.3 is 10.6 Å². The van der Waals surface area contributed by atoms with Crippen LogP contribution in [0.4, 0.5) is 0 Å². The van der Waals surface area contributed by atoms with Gasteiger partial charge in [0.25, 0.3) is 11.8 Å². The Balaban J connectivity index is 1.53. The van der Waals surface area contributed by atoms with Gasteiger partial charge in [-0.25, -0.2) is 0 Å². The molecule has 2 aromatic carbocycles. The van der Waals surface area contributed by atoms with E-state index in [1.807, 2.05) is 60.7 Å². The fraction of sp³-hybridized carbons (Fsp3) is 0.136. The Labute approximate surface area is 158 Å². The van der Waals surface area contributed by atoms with E-state index in [4.69, 9.17) is 0 Å². The van der Waals surface area contributed by atoms with E-state index in [1.54, 1.807) is 29.1 Å². The molecule has 0 unspecified atom stereocenters. The van der Waals surface area contributed by atoms with Crippen molar-refractivity contribution in [3.05, 3.63) is 102 Å². The monoisotopic (exact) mass is 360 g/mol. The quantitative estimate of drug-likeness (QED) is 0.635. The SMILES string of the molecule is O=C(C[n+]1cccc(C(=O)NCc2ccccc2)c1)NCc1ccccc1. The first-order valence-electron chi connectivity index (χ1n) is 8.82. The summed E-state index contributed by atoms with van der Waals surface area (Å²) in [6.07, 6.45) is 3.46. The van der Waals surface area contributed by atoms with Gasteiger partial charge in [0.15, 0.2) is 12.4 Å². The summed E-state index contributed by atoms with van der Waals surface area (Å²) in [6, 6.07) is 23.0. The van der Waals surface area contributed by atoms with Gasteiger partial charge in [0, 0.05) is 19.2 Å². The van der Waals surface area contributed by atoms with E-state index in [1.165, 1.54) is 0 Å². The second-order valence-electron chi connectivity index (χ2n) is 6.20. The molecule has 0 radical (unpaired) electrons. The molecule has 0 saturated carbocycles. The van der Waals surface area contributed by atoms with Crippen LogP contribution in [0.1, 0.15) is 21.5 Å². The number of rotatable bonds is 7. The van der Waals surface area contributed by atoms with Gasteiger partial charge in [-0.15, -0.1) is 0 Å². The number of carbonyl (C=O) groups is 2. The number of nitrogens with one attached hydrogen (secondary N) is 2. The van der Waals surface area contributed by atoms with Gasteiger partial charge in [-0.1, -0.05) is 60.7 Å². The number of pyridine rings is 1. The Morgan fingerprint density at radius 1 is 0.741 bits per heavy atom. The topological polar surface area (TPSA) is 62.1 Å². The van der Waals surface area contributed by atoms with Crippen molar-refractivity contribution in [3.63, 3.8) is 0 Å². The Kier molecular flexibility index (Phi) is 6.30. The Hall–Kier alpha value is -3.47. The molecule has 1 heterocycles. The number of hydrogen-bond acceptors (Lipinski definition) is 2. The second-order valence-corrected chi connectivity index (χ2v) is 6.20. The lowest BCUT2D eigenvalue weighted by molar-refractivity contribution is -0.684. The molecule has 3 aromatic rings. The standard InChI is InChI=1S/C22H21N3O2/c26-21(23-14-18-8-3-1-4-9-18)17-25-13-7-12-20(16-25)22(27)24-15-19-10-5-2-6-11-19/h1-13,16H,14-15,17H2,(H-,23,24,26,27)/p+1. The molecule has 0 saturated heterocycles. The number of aromatic nitrogens is 1. The molecule has 0 bridgehead atoms. The van der Waals surface area contributed by atoms with Gasteiger partial charge in [0.1, 0.15) is 5.56 Å². The molecule has 27 heavy (non-hydrogen) atoms. The van der Waals surface area contributed by atoms with Crippen LogP contribution in [-0.2, 0) is 24.4 Å². The van der Waals surface area contributed by atoms with Crippen LogP contribution in [0, 0.1) is 0 Å². The molecule has 0 fully saturated rings. The fourth-order valence-electron chi connectivity index (χ4n) is 2.65. The molecule has 0 atom stereocenters. The summed E-state index contributed by atoms with van der Waals surface area (Å²) in [5.41, 5.74) is 2.60. The Bertz CT molecular complexity index is 896. The minimum absolute atomic E-state index is 0.106. The lowest BCUT2D eigenvalue weighted by Crippen LogP contribution is -2.43. The number of carbonyl (C=O) groups excluding carboxylic acids is 2. The van der Waals surface area contributed by atoms with Gasteiger partial charge in [-0.05, 0) is 17.2 Å². The second kappa shape index (κ2) is 9.29. The Morgan fingerprint density at radius 2 is 1.33 bits per heavy atom. The third-order valence-corrected chi connectivity index (χ3v) is 4.08. The zero-order chi connectivity index (χ0) is 18.9. The van der Waals surface area contributed by atoms with E-state index in [9.17, 15) is 9.59 Å². The molecule has 5 heteroatoms. The average molecular weight is 360 g/mol. The van der Waals surface area contributed by atoms with Crippen molar-refractivity contribution >= 4 is 11.8 Å². The molecular formula is C22H22N3O2+. The van der Waals surface area contributed by atoms with Crippen LogP contribution in [-0.4, -0.2) is 11.8 Å². The molecule has 0 aliphatic heterocycles. The summed E-state index contributed by atoms with van der Waals surface area (Å²) in [5, 5.41) is 5.77. The van der Waals surface area contributed by atoms with Crippen LogP contribution >= 0.6 is 0 Å². The van der Waals surface area contributed by atoms with Crippen LogP contribution in [0.2, 0.25) is 0 Å². The smallest absolute Gasteiger partial charge is 0.286 e. The summed E-state index contributed by atoms with van der Waals surface area (Å²) >= 11 is 0. The van der Waals surface area contributed by atoms with Crippen molar-refractivity contribution in [1.29, 1.82) is 0 Å². The lowest BCUT2D eigenvalue weighted by atomic mass is 10.2. The first-order valence-corrected chi connectivity index (χ1v) is 8.82. The highest BCUT2D eigenvalue weighted by Gasteiger charge is 2.13. The summed E-state index contributed by atoms with van der Waals surface area (Å²) in [5.74, 6) is -0.274. The molecule has 0 aliphatic rings. The lowest BCUT2D eigenvalue weighted by Gasteiger charge is -2.06. The van der Waals surface area contributed by atoms with Crippen molar-refractivity contribution in [3.8, 4) is 0 Å². The van der Waals surface area contributed by atoms with Crippen molar-refractivity contribution < 1.29 is 14.2 Å². The van der Waals surface area contributed by atoms with Crippen LogP contribution in [0.5, 0.6) is 0 Å². The van der Waals surface area contributed by atoms with Gasteiger partial charge in [-0.3, -0.25) is 9.59 Å². The maximum atomic E-state index is 12.3. The number of amides is 2. The average Bonchev–Trinajstić information content (AvgIpc) is 2.72. The molecule has 5 nitrogen and oxygen atoms in total. The summed E-state index contributed by atoms with van der Waals surface area (Å²) in [4.78, 5) is 24.5. The molecule has 136 valence electrons. The predicted molar refractivity (Wildman–Crippen MR) is 103 cm³/mol. The van der Waals surface area contributed by atoms with Crippen molar-refractivity contribution in [1.82, 2.24) is 10.6 Å². The van der Waals surface area contributed by atoms with E-state index >= 15 is 0 Å². The van der Waals surface area contributed by atoms with Crippen LogP contribution in [0.3, 0.4) is 0 Å². The summed E-state index contributed by atoms with van der Waals surface area (Å²) in [6.45, 7) is 1.11. The van der Waals surface area contributed by atoms with Crippen molar-refractivity contribution in [2.24, 2.45) is 0 Å². The first kappa shape index (κ1) is 18.3. The normalized spacial score (nSPS) is 10.2. The highest BCUT2D eigenvalue weighted by molar-refractivity contribution is 5.93. The maximum Gasteiger partial charge on any atom is 0.286 e. The van der Waals surface area contributed by atoms with Crippen LogP contribution < -0.4 is 15.2 Å². The fourth-order valence-corrected chi connectivity index (χ4v) is 2.65. The maximum absolute atomic E-state index is 12.3. The number of hydrogen-bond donors (Lipinski definition) is 2. The van der Waals surface area contributed by atoms with Gasteiger partial charge in [-0.2, -0.15) is 4.57 Å². The van der Waals surface area contributed by atoms with E-state index in [0.717, 1.165) is 11.1 Å². The summed E-state index contributed by atoms with van der Waals surface area (Å²) in [7, 11) is 0. The molecule has 0 spiro atoms. The zero-order valence-electron chi connectivity index (χ0n) is 15.0. The van der Waals surface area contributed by atoms with E-state index in [0.29, 0.717) is 18.7 Å². The van der Waals surface area contributed by atoms with E-state index < -0.39 is 0 Å². The first-order chi connectivity index (χ1) is 13.2. The Morgan fingerprint density at radius 3 is 1.96 bits per heavy atom. The van der Waals surface area contributed by atoms with Crippen LogP contribution in [0.25, 0.3) is 0 Å². The molecule has 2 N–H and O–H groups in total. The third kappa shape index (κ3) is 5.78. The molecular weight excluding hydrogens is 338 g/mol. The number of nitrogens with zero attached hydrogens (tertiary/aromatic N) is 1. The minimum atomic E-state index is -0.169.